The summed E-state index contributed by atoms with van der Waals surface area (Å²) in [7, 11) is 1.50. The molecule has 3 aromatic rings. The van der Waals surface area contributed by atoms with Crippen LogP contribution in [0.4, 0.5) is 5.69 Å². The molecule has 0 aliphatic heterocycles. The van der Waals surface area contributed by atoms with Gasteiger partial charge in [-0.25, -0.2) is 4.68 Å². The molecule has 0 bridgehead atoms. The number of fused-ring (bicyclic) bond motifs is 1. The molecule has 0 saturated heterocycles. The van der Waals surface area contributed by atoms with Gasteiger partial charge in [0.05, 0.1) is 12.1 Å². The van der Waals surface area contributed by atoms with Crippen LogP contribution in [0.25, 0.3) is 10.9 Å². The number of aromatic nitrogens is 1. The fourth-order valence-electron chi connectivity index (χ4n) is 2.99. The van der Waals surface area contributed by atoms with Gasteiger partial charge < -0.3 is 15.4 Å². The predicted octanol–water partition coefficient (Wildman–Crippen LogP) is 3.11. The predicted molar refractivity (Wildman–Crippen MR) is 123 cm³/mol. The van der Waals surface area contributed by atoms with E-state index in [1.54, 1.807) is 18.2 Å². The first kappa shape index (κ1) is 22.5. The Hall–Kier alpha value is -3.17. The van der Waals surface area contributed by atoms with Gasteiger partial charge in [-0.15, -0.1) is 0 Å². The van der Waals surface area contributed by atoms with E-state index in [4.69, 9.17) is 4.74 Å². The van der Waals surface area contributed by atoms with E-state index in [0.717, 1.165) is 21.0 Å². The number of amides is 3. The lowest BCUT2D eigenvalue weighted by Gasteiger charge is -2.13. The zero-order valence-electron chi connectivity index (χ0n) is 17.4. The lowest BCUT2D eigenvalue weighted by molar-refractivity contribution is -0.136. The molecular formula is C22H23BrN4O4. The van der Waals surface area contributed by atoms with Crippen LogP contribution in [0.2, 0.25) is 0 Å². The maximum atomic E-state index is 13.0. The van der Waals surface area contributed by atoms with Gasteiger partial charge in [0.1, 0.15) is 5.69 Å². The minimum absolute atomic E-state index is 0.185. The molecular weight excluding hydrogens is 464 g/mol. The van der Waals surface area contributed by atoms with E-state index in [9.17, 15) is 14.4 Å². The molecule has 162 valence electrons. The second-order valence-corrected chi connectivity index (χ2v) is 7.93. The number of methoxy groups -OCH3 is 1. The average Bonchev–Trinajstić information content (AvgIpc) is 3.08. The number of carbonyl (C=O) groups excluding carboxylic acids is 3. The first-order valence-electron chi connectivity index (χ1n) is 9.58. The molecule has 3 amide bonds. The molecule has 1 aromatic heterocycles. The number of hydrogen-bond donors (Lipinski definition) is 3. The van der Waals surface area contributed by atoms with Gasteiger partial charge in [0.15, 0.2) is 0 Å². The first-order valence-corrected chi connectivity index (χ1v) is 10.4. The summed E-state index contributed by atoms with van der Waals surface area (Å²) in [5.41, 5.74) is 6.07. The molecule has 2 aromatic carbocycles. The van der Waals surface area contributed by atoms with Crippen molar-refractivity contribution in [1.82, 2.24) is 9.99 Å². The Balaban J connectivity index is 1.91. The zero-order valence-corrected chi connectivity index (χ0v) is 19.0. The quantitative estimate of drug-likeness (QED) is 0.368. The highest BCUT2D eigenvalue weighted by atomic mass is 79.9. The molecule has 31 heavy (non-hydrogen) atoms. The van der Waals surface area contributed by atoms with Crippen LogP contribution in [-0.4, -0.2) is 42.7 Å². The van der Waals surface area contributed by atoms with Gasteiger partial charge in [-0.3, -0.25) is 19.8 Å². The van der Waals surface area contributed by atoms with Gasteiger partial charge in [-0.1, -0.05) is 22.0 Å². The van der Waals surface area contributed by atoms with Crippen molar-refractivity contribution in [3.8, 4) is 0 Å². The van der Waals surface area contributed by atoms with Crippen LogP contribution in [0, 0.1) is 13.8 Å². The molecule has 0 atom stereocenters. The molecule has 0 saturated carbocycles. The average molecular weight is 487 g/mol. The summed E-state index contributed by atoms with van der Waals surface area (Å²) in [5, 5.41) is 6.02. The van der Waals surface area contributed by atoms with Crippen molar-refractivity contribution in [3.05, 3.63) is 63.8 Å². The molecule has 0 radical (unpaired) electrons. The zero-order chi connectivity index (χ0) is 22.5. The standard InChI is InChI=1S/C22H23BrN4O4/c1-13-4-6-17(10-14(13)2)25-20(28)19-12-15-11-16(23)5-7-18(15)27(19)26-22(30)21(29)24-8-9-31-3/h4-7,10-12H,8-9H2,1-3H3,(H,24,29)(H,25,28)(H,26,30). The van der Waals surface area contributed by atoms with Crippen molar-refractivity contribution >= 4 is 50.2 Å². The van der Waals surface area contributed by atoms with Crippen LogP contribution in [-0.2, 0) is 14.3 Å². The maximum Gasteiger partial charge on any atom is 0.328 e. The summed E-state index contributed by atoms with van der Waals surface area (Å²) in [6, 6.07) is 12.6. The summed E-state index contributed by atoms with van der Waals surface area (Å²) in [5.74, 6) is -2.14. The number of benzene rings is 2. The fourth-order valence-corrected chi connectivity index (χ4v) is 3.37. The van der Waals surface area contributed by atoms with E-state index < -0.39 is 17.7 Å². The number of nitrogens with one attached hydrogen (secondary N) is 3. The van der Waals surface area contributed by atoms with E-state index in [1.807, 2.05) is 38.1 Å². The molecule has 0 aliphatic rings. The Bertz CT molecular complexity index is 1160. The molecule has 1 heterocycles. The molecule has 3 rings (SSSR count). The van der Waals surface area contributed by atoms with Crippen molar-refractivity contribution in [1.29, 1.82) is 0 Å². The number of ether oxygens (including phenoxy) is 1. The monoisotopic (exact) mass is 486 g/mol. The minimum Gasteiger partial charge on any atom is -0.383 e. The van der Waals surface area contributed by atoms with Gasteiger partial charge in [0.25, 0.3) is 5.91 Å². The van der Waals surface area contributed by atoms with Gasteiger partial charge in [-0.05, 0) is 61.4 Å². The van der Waals surface area contributed by atoms with E-state index in [-0.39, 0.29) is 18.8 Å². The van der Waals surface area contributed by atoms with E-state index in [1.165, 1.54) is 11.8 Å². The van der Waals surface area contributed by atoms with Crippen LogP contribution in [0.3, 0.4) is 0 Å². The number of halogens is 1. The Morgan fingerprint density at radius 2 is 1.77 bits per heavy atom. The van der Waals surface area contributed by atoms with Gasteiger partial charge in [0.2, 0.25) is 0 Å². The molecule has 0 fully saturated rings. The summed E-state index contributed by atoms with van der Waals surface area (Å²) in [6.07, 6.45) is 0. The summed E-state index contributed by atoms with van der Waals surface area (Å²) < 4.78 is 7.00. The summed E-state index contributed by atoms with van der Waals surface area (Å²) >= 11 is 3.41. The van der Waals surface area contributed by atoms with E-state index in [2.05, 4.69) is 32.0 Å². The van der Waals surface area contributed by atoms with Crippen LogP contribution in [0.5, 0.6) is 0 Å². The molecule has 3 N–H and O–H groups in total. The lowest BCUT2D eigenvalue weighted by Crippen LogP contribution is -2.40. The van der Waals surface area contributed by atoms with Crippen LogP contribution < -0.4 is 16.1 Å². The lowest BCUT2D eigenvalue weighted by atomic mass is 10.1. The molecule has 0 spiro atoms. The number of nitrogens with zero attached hydrogens (tertiary/aromatic N) is 1. The maximum absolute atomic E-state index is 13.0. The number of aryl methyl sites for hydroxylation is 2. The summed E-state index contributed by atoms with van der Waals surface area (Å²) in [6.45, 7) is 4.43. The van der Waals surface area contributed by atoms with Gasteiger partial charge in [0, 0.05) is 29.2 Å². The second-order valence-electron chi connectivity index (χ2n) is 7.01. The molecule has 0 aliphatic carbocycles. The van der Waals surface area contributed by atoms with E-state index in [0.29, 0.717) is 11.2 Å². The van der Waals surface area contributed by atoms with Crippen molar-refractivity contribution in [2.24, 2.45) is 0 Å². The Kier molecular flexibility index (Phi) is 7.09. The van der Waals surface area contributed by atoms with E-state index >= 15 is 0 Å². The minimum atomic E-state index is -0.892. The third-order valence-corrected chi connectivity index (χ3v) is 5.27. The van der Waals surface area contributed by atoms with Gasteiger partial charge >= 0.3 is 11.8 Å². The van der Waals surface area contributed by atoms with Crippen molar-refractivity contribution in [2.75, 3.05) is 31.0 Å². The van der Waals surface area contributed by atoms with Crippen molar-refractivity contribution < 1.29 is 19.1 Å². The largest absolute Gasteiger partial charge is 0.383 e. The molecule has 0 unspecified atom stereocenters. The Morgan fingerprint density at radius 3 is 2.48 bits per heavy atom. The number of anilines is 1. The van der Waals surface area contributed by atoms with Crippen LogP contribution in [0.15, 0.2) is 46.9 Å². The first-order chi connectivity index (χ1) is 14.8. The van der Waals surface area contributed by atoms with Crippen molar-refractivity contribution in [2.45, 2.75) is 13.8 Å². The Morgan fingerprint density at radius 1 is 1.00 bits per heavy atom. The third-order valence-electron chi connectivity index (χ3n) is 4.77. The number of carbonyl (C=O) groups is 3. The SMILES string of the molecule is COCCNC(=O)C(=O)Nn1c(C(=O)Nc2ccc(C)c(C)c2)cc2cc(Br)ccc21. The normalized spacial score (nSPS) is 10.7. The highest BCUT2D eigenvalue weighted by Gasteiger charge is 2.21. The highest BCUT2D eigenvalue weighted by Crippen LogP contribution is 2.24. The summed E-state index contributed by atoms with van der Waals surface area (Å²) in [4.78, 5) is 37.5. The van der Waals surface area contributed by atoms with Gasteiger partial charge in [-0.2, -0.15) is 0 Å². The van der Waals surface area contributed by atoms with Crippen molar-refractivity contribution in [3.63, 3.8) is 0 Å². The number of hydrogen-bond acceptors (Lipinski definition) is 4. The highest BCUT2D eigenvalue weighted by molar-refractivity contribution is 9.10. The topological polar surface area (TPSA) is 101 Å². The van der Waals surface area contributed by atoms with Crippen LogP contribution in [0.1, 0.15) is 21.6 Å². The second kappa shape index (κ2) is 9.76. The van der Waals surface area contributed by atoms with Crippen LogP contribution >= 0.6 is 15.9 Å². The Labute approximate surface area is 188 Å². The smallest absolute Gasteiger partial charge is 0.328 e. The fraction of sp³-hybridized carbons (Fsp3) is 0.227. The number of rotatable bonds is 6. The molecule has 9 heteroatoms. The third kappa shape index (κ3) is 5.31. The molecule has 8 nitrogen and oxygen atoms in total.